The Morgan fingerprint density at radius 2 is 2.00 bits per heavy atom. The van der Waals surface area contributed by atoms with Crippen LogP contribution in [0.3, 0.4) is 0 Å². The van der Waals surface area contributed by atoms with Gasteiger partial charge in [0.2, 0.25) is 0 Å². The van der Waals surface area contributed by atoms with E-state index in [9.17, 15) is 15.0 Å². The van der Waals surface area contributed by atoms with Crippen molar-refractivity contribution < 1.29 is 10.2 Å². The monoisotopic (exact) mass is 323 g/mol. The average Bonchev–Trinajstić information content (AvgIpc) is 2.89. The molecule has 0 radical (unpaired) electrons. The summed E-state index contributed by atoms with van der Waals surface area (Å²) in [6, 6.07) is 13.7. The van der Waals surface area contributed by atoms with Crippen LogP contribution in [0.2, 0.25) is 0 Å². The second-order valence-electron chi connectivity index (χ2n) is 5.37. The number of aromatic nitrogens is 2. The molecule has 0 amide bonds. The number of aromatic amines is 1. The van der Waals surface area contributed by atoms with Gasteiger partial charge in [-0.3, -0.25) is 14.9 Å². The highest BCUT2D eigenvalue weighted by molar-refractivity contribution is 5.83. The Morgan fingerprint density at radius 3 is 2.75 bits per heavy atom. The number of rotatable bonds is 4. The summed E-state index contributed by atoms with van der Waals surface area (Å²) in [5.41, 5.74) is 2.57. The van der Waals surface area contributed by atoms with Crippen LogP contribution >= 0.6 is 0 Å². The number of nitrogens with one attached hydrogen (secondary N) is 1. The van der Waals surface area contributed by atoms with Crippen molar-refractivity contribution in [3.63, 3.8) is 0 Å². The fourth-order valence-corrected chi connectivity index (χ4v) is 2.39. The minimum absolute atomic E-state index is 0.0536. The van der Waals surface area contributed by atoms with Crippen LogP contribution in [0.5, 0.6) is 5.75 Å². The number of aliphatic imine (C=N–C) groups is 1. The van der Waals surface area contributed by atoms with E-state index in [1.54, 1.807) is 49.4 Å². The number of H-pyrrole nitrogens is 1. The summed E-state index contributed by atoms with van der Waals surface area (Å²) in [6.07, 6.45) is 1.44. The highest BCUT2D eigenvalue weighted by Gasteiger charge is 2.11. The Labute approximate surface area is 138 Å². The fraction of sp³-hybridized carbons (Fsp3) is 0.111. The van der Waals surface area contributed by atoms with Gasteiger partial charge in [0.1, 0.15) is 11.4 Å². The number of phenols is 1. The Bertz CT molecular complexity index is 954. The van der Waals surface area contributed by atoms with Crippen molar-refractivity contribution >= 4 is 11.9 Å². The summed E-state index contributed by atoms with van der Waals surface area (Å²) >= 11 is 0. The molecule has 0 aliphatic heterocycles. The largest absolute Gasteiger partial charge is 0.506 e. The number of aliphatic hydroxyl groups is 1. The molecule has 0 saturated heterocycles. The summed E-state index contributed by atoms with van der Waals surface area (Å²) in [7, 11) is 0. The van der Waals surface area contributed by atoms with Crippen LogP contribution in [0.25, 0.3) is 5.69 Å². The molecule has 1 heterocycles. The first-order valence-electron chi connectivity index (χ1n) is 7.44. The van der Waals surface area contributed by atoms with Gasteiger partial charge < -0.3 is 10.2 Å². The second-order valence-corrected chi connectivity index (χ2v) is 5.37. The molecular weight excluding hydrogens is 306 g/mol. The number of hydrogen-bond donors (Lipinski definition) is 3. The van der Waals surface area contributed by atoms with Crippen molar-refractivity contribution in [3.8, 4) is 11.4 Å². The minimum Gasteiger partial charge on any atom is -0.506 e. The molecule has 0 aliphatic carbocycles. The summed E-state index contributed by atoms with van der Waals surface area (Å²) in [4.78, 5) is 16.8. The lowest BCUT2D eigenvalue weighted by molar-refractivity contribution is 0.282. The molecule has 0 saturated carbocycles. The van der Waals surface area contributed by atoms with E-state index in [2.05, 4.69) is 10.1 Å². The number of hydrogen-bond acceptors (Lipinski definition) is 4. The molecule has 122 valence electrons. The van der Waals surface area contributed by atoms with Crippen LogP contribution in [0.4, 0.5) is 5.69 Å². The molecular formula is C18H17N3O3. The van der Waals surface area contributed by atoms with Crippen molar-refractivity contribution in [2.24, 2.45) is 4.99 Å². The van der Waals surface area contributed by atoms with E-state index in [0.29, 0.717) is 22.6 Å². The van der Waals surface area contributed by atoms with E-state index < -0.39 is 0 Å². The molecule has 0 unspecified atom stereocenters. The SMILES string of the molecule is Cc1[nH]n(-c2cccc(CO)c2)c(=O)c1C=Nc1ccccc1O. The lowest BCUT2D eigenvalue weighted by atomic mass is 10.2. The molecule has 3 aromatic rings. The standard InChI is InChI=1S/C18H17N3O3/c1-12-15(10-19-16-7-2-3-8-17(16)23)18(24)21(20-12)14-6-4-5-13(9-14)11-22/h2-10,20,22-23H,11H2,1H3. The van der Waals surface area contributed by atoms with E-state index in [4.69, 9.17) is 0 Å². The average molecular weight is 323 g/mol. The van der Waals surface area contributed by atoms with Gasteiger partial charge in [0.05, 0.1) is 17.9 Å². The van der Waals surface area contributed by atoms with Gasteiger partial charge in [0.25, 0.3) is 5.56 Å². The number of benzene rings is 2. The van der Waals surface area contributed by atoms with Crippen molar-refractivity contribution in [2.45, 2.75) is 13.5 Å². The van der Waals surface area contributed by atoms with E-state index in [1.807, 2.05) is 0 Å². The topological polar surface area (TPSA) is 90.6 Å². The third kappa shape index (κ3) is 3.00. The first-order valence-corrected chi connectivity index (χ1v) is 7.44. The van der Waals surface area contributed by atoms with Crippen LogP contribution in [0, 0.1) is 6.92 Å². The van der Waals surface area contributed by atoms with Crippen molar-refractivity contribution in [3.05, 3.63) is 75.7 Å². The van der Waals surface area contributed by atoms with Crippen LogP contribution in [0.15, 0.2) is 58.3 Å². The zero-order valence-corrected chi connectivity index (χ0v) is 13.1. The normalized spacial score (nSPS) is 11.2. The molecule has 1 aromatic heterocycles. The number of aliphatic hydroxyl groups excluding tert-OH is 1. The van der Waals surface area contributed by atoms with Gasteiger partial charge in [-0.2, -0.15) is 0 Å². The third-order valence-corrected chi connectivity index (χ3v) is 3.68. The smallest absolute Gasteiger partial charge is 0.280 e. The predicted molar refractivity (Wildman–Crippen MR) is 92.4 cm³/mol. The summed E-state index contributed by atoms with van der Waals surface area (Å²) < 4.78 is 1.40. The van der Waals surface area contributed by atoms with E-state index in [-0.39, 0.29) is 17.9 Å². The molecule has 3 rings (SSSR count). The first kappa shape index (κ1) is 15.8. The first-order chi connectivity index (χ1) is 11.6. The van der Waals surface area contributed by atoms with Crippen molar-refractivity contribution in [2.75, 3.05) is 0 Å². The number of nitrogens with zero attached hydrogens (tertiary/aromatic N) is 2. The Hall–Kier alpha value is -3.12. The predicted octanol–water partition coefficient (Wildman–Crippen LogP) is 2.42. The number of aryl methyl sites for hydroxylation is 1. The van der Waals surface area contributed by atoms with Gasteiger partial charge in [-0.25, -0.2) is 4.68 Å². The van der Waals surface area contributed by atoms with E-state index >= 15 is 0 Å². The van der Waals surface area contributed by atoms with Crippen LogP contribution in [0.1, 0.15) is 16.8 Å². The minimum atomic E-state index is -0.248. The lowest BCUT2D eigenvalue weighted by Crippen LogP contribution is -2.17. The molecule has 0 atom stereocenters. The molecule has 0 spiro atoms. The second kappa shape index (κ2) is 6.55. The molecule has 24 heavy (non-hydrogen) atoms. The van der Waals surface area contributed by atoms with Crippen molar-refractivity contribution in [1.29, 1.82) is 0 Å². The zero-order valence-electron chi connectivity index (χ0n) is 13.1. The number of phenolic OH excluding ortho intramolecular Hbond substituents is 1. The molecule has 0 bridgehead atoms. The summed E-state index contributed by atoms with van der Waals surface area (Å²) in [6.45, 7) is 1.68. The summed E-state index contributed by atoms with van der Waals surface area (Å²) in [5.74, 6) is 0.0536. The van der Waals surface area contributed by atoms with Gasteiger partial charge in [-0.15, -0.1) is 0 Å². The zero-order chi connectivity index (χ0) is 17.1. The molecule has 6 nitrogen and oxygen atoms in total. The maximum atomic E-state index is 12.6. The van der Waals surface area contributed by atoms with Crippen molar-refractivity contribution in [1.82, 2.24) is 9.78 Å². The van der Waals surface area contributed by atoms with E-state index in [0.717, 1.165) is 5.56 Å². The van der Waals surface area contributed by atoms with Crippen LogP contribution < -0.4 is 5.56 Å². The van der Waals surface area contributed by atoms with Crippen LogP contribution in [-0.2, 0) is 6.61 Å². The lowest BCUT2D eigenvalue weighted by Gasteiger charge is -2.03. The maximum Gasteiger partial charge on any atom is 0.280 e. The number of aromatic hydroxyl groups is 1. The fourth-order valence-electron chi connectivity index (χ4n) is 2.39. The Balaban J connectivity index is 2.01. The van der Waals surface area contributed by atoms with Gasteiger partial charge in [-0.1, -0.05) is 24.3 Å². The highest BCUT2D eigenvalue weighted by atomic mass is 16.3. The van der Waals surface area contributed by atoms with Gasteiger partial charge in [0.15, 0.2) is 0 Å². The van der Waals surface area contributed by atoms with Crippen LogP contribution in [-0.4, -0.2) is 26.2 Å². The van der Waals surface area contributed by atoms with Gasteiger partial charge >= 0.3 is 0 Å². The summed E-state index contributed by atoms with van der Waals surface area (Å²) in [5, 5.41) is 22.0. The Morgan fingerprint density at radius 1 is 1.21 bits per heavy atom. The Kier molecular flexibility index (Phi) is 4.31. The van der Waals surface area contributed by atoms with Gasteiger partial charge in [-0.05, 0) is 36.8 Å². The molecule has 6 heteroatoms. The molecule has 3 N–H and O–H groups in total. The maximum absolute atomic E-state index is 12.6. The molecule has 0 fully saturated rings. The quantitative estimate of drug-likeness (QED) is 0.644. The van der Waals surface area contributed by atoms with Gasteiger partial charge in [0, 0.05) is 11.9 Å². The molecule has 2 aromatic carbocycles. The molecule has 0 aliphatic rings. The number of para-hydroxylation sites is 2. The van der Waals surface area contributed by atoms with E-state index in [1.165, 1.54) is 17.0 Å². The third-order valence-electron chi connectivity index (χ3n) is 3.68. The highest BCUT2D eigenvalue weighted by Crippen LogP contribution is 2.24.